The summed E-state index contributed by atoms with van der Waals surface area (Å²) in [6, 6.07) is 13.9. The Morgan fingerprint density at radius 1 is 0.962 bits per heavy atom. The molecule has 0 spiro atoms. The van der Waals surface area contributed by atoms with Crippen LogP contribution >= 0.6 is 11.6 Å². The van der Waals surface area contributed by atoms with Crippen molar-refractivity contribution in [2.24, 2.45) is 0 Å². The van der Waals surface area contributed by atoms with Crippen molar-refractivity contribution in [1.29, 1.82) is 0 Å². The van der Waals surface area contributed by atoms with Gasteiger partial charge in [0, 0.05) is 28.5 Å². The number of benzene rings is 2. The van der Waals surface area contributed by atoms with Crippen LogP contribution in [0.4, 0.5) is 17.2 Å². The van der Waals surface area contributed by atoms with Crippen LogP contribution in [-0.4, -0.2) is 22.7 Å². The van der Waals surface area contributed by atoms with Gasteiger partial charge in [-0.15, -0.1) is 0 Å². The lowest BCUT2D eigenvalue weighted by molar-refractivity contribution is 0.102. The first-order chi connectivity index (χ1) is 12.7. The molecular formula is C18H13ClN4O3. The molecule has 0 unspecified atom stereocenters. The van der Waals surface area contributed by atoms with Crippen LogP contribution in [-0.2, 0) is 0 Å². The summed E-state index contributed by atoms with van der Waals surface area (Å²) in [5.74, 6) is 1.39. The maximum Gasteiger partial charge on any atom is 0.274 e. The molecule has 4 rings (SSSR count). The number of hydrogen-bond acceptors (Lipinski definition) is 6. The fourth-order valence-corrected chi connectivity index (χ4v) is 2.53. The molecule has 0 saturated heterocycles. The second-order valence-corrected chi connectivity index (χ2v) is 5.88. The van der Waals surface area contributed by atoms with Crippen molar-refractivity contribution in [1.82, 2.24) is 9.97 Å². The van der Waals surface area contributed by atoms with Crippen LogP contribution in [0.1, 0.15) is 10.5 Å². The van der Waals surface area contributed by atoms with Crippen LogP contribution in [0, 0.1) is 0 Å². The van der Waals surface area contributed by atoms with E-state index in [-0.39, 0.29) is 18.4 Å². The van der Waals surface area contributed by atoms with Gasteiger partial charge in [0.2, 0.25) is 6.79 Å². The standard InChI is InChI=1S/C18H13ClN4O3/c19-11-1-3-12(4-2-11)22-17-8-14(20-9-21-17)18(24)23-13-5-6-15-16(7-13)26-10-25-15/h1-9H,10H2,(H,23,24)(H,20,21,22). The van der Waals surface area contributed by atoms with E-state index in [1.165, 1.54) is 6.33 Å². The van der Waals surface area contributed by atoms with Crippen molar-refractivity contribution >= 4 is 34.7 Å². The molecule has 0 atom stereocenters. The summed E-state index contributed by atoms with van der Waals surface area (Å²) >= 11 is 5.87. The Bertz CT molecular complexity index is 963. The summed E-state index contributed by atoms with van der Waals surface area (Å²) in [5, 5.41) is 6.52. The molecule has 1 amide bonds. The molecule has 26 heavy (non-hydrogen) atoms. The number of anilines is 3. The number of nitrogens with zero attached hydrogens (tertiary/aromatic N) is 2. The highest BCUT2D eigenvalue weighted by molar-refractivity contribution is 6.30. The van der Waals surface area contributed by atoms with Crippen LogP contribution < -0.4 is 20.1 Å². The molecule has 0 fully saturated rings. The van der Waals surface area contributed by atoms with Gasteiger partial charge >= 0.3 is 0 Å². The van der Waals surface area contributed by atoms with Crippen molar-refractivity contribution in [3.63, 3.8) is 0 Å². The number of fused-ring (bicyclic) bond motifs is 1. The van der Waals surface area contributed by atoms with Gasteiger partial charge in [-0.25, -0.2) is 9.97 Å². The monoisotopic (exact) mass is 368 g/mol. The minimum absolute atomic E-state index is 0.179. The highest BCUT2D eigenvalue weighted by Crippen LogP contribution is 2.34. The molecule has 1 aromatic heterocycles. The molecule has 3 aromatic rings. The Morgan fingerprint density at radius 3 is 2.58 bits per heavy atom. The fraction of sp³-hybridized carbons (Fsp3) is 0.0556. The van der Waals surface area contributed by atoms with E-state index >= 15 is 0 Å². The van der Waals surface area contributed by atoms with Gasteiger partial charge in [-0.2, -0.15) is 0 Å². The number of carbonyl (C=O) groups is 1. The first-order valence-electron chi connectivity index (χ1n) is 7.73. The maximum absolute atomic E-state index is 12.4. The second-order valence-electron chi connectivity index (χ2n) is 5.44. The third-order valence-electron chi connectivity index (χ3n) is 3.65. The van der Waals surface area contributed by atoms with Gasteiger partial charge in [-0.05, 0) is 36.4 Å². The highest BCUT2D eigenvalue weighted by Gasteiger charge is 2.15. The summed E-state index contributed by atoms with van der Waals surface area (Å²) in [5.41, 5.74) is 1.62. The average Bonchev–Trinajstić information content (AvgIpc) is 3.12. The van der Waals surface area contributed by atoms with Gasteiger partial charge in [0.05, 0.1) is 0 Å². The second kappa shape index (κ2) is 6.89. The third kappa shape index (κ3) is 3.52. The number of carbonyl (C=O) groups excluding carboxylic acids is 1. The molecule has 0 bridgehead atoms. The van der Waals surface area contributed by atoms with Gasteiger partial charge in [0.1, 0.15) is 17.8 Å². The number of ether oxygens (including phenoxy) is 2. The molecule has 7 nitrogen and oxygen atoms in total. The summed E-state index contributed by atoms with van der Waals surface area (Å²) < 4.78 is 10.6. The first-order valence-corrected chi connectivity index (χ1v) is 8.11. The largest absolute Gasteiger partial charge is 0.454 e. The normalized spacial score (nSPS) is 11.9. The topological polar surface area (TPSA) is 85.4 Å². The SMILES string of the molecule is O=C(Nc1ccc2c(c1)OCO2)c1cc(Nc2ccc(Cl)cc2)ncn1. The molecule has 2 aromatic carbocycles. The van der Waals surface area contributed by atoms with Crippen molar-refractivity contribution in [3.8, 4) is 11.5 Å². The lowest BCUT2D eigenvalue weighted by Crippen LogP contribution is -2.14. The van der Waals surface area contributed by atoms with Gasteiger partial charge in [-0.1, -0.05) is 11.6 Å². The van der Waals surface area contributed by atoms with E-state index in [1.54, 1.807) is 36.4 Å². The minimum Gasteiger partial charge on any atom is -0.454 e. The molecule has 1 aliphatic heterocycles. The van der Waals surface area contributed by atoms with Gasteiger partial charge in [-0.3, -0.25) is 4.79 Å². The molecule has 2 heterocycles. The van der Waals surface area contributed by atoms with Crippen LogP contribution in [0.5, 0.6) is 11.5 Å². The molecule has 1 aliphatic rings. The minimum atomic E-state index is -0.356. The Morgan fingerprint density at radius 2 is 1.73 bits per heavy atom. The molecule has 130 valence electrons. The van der Waals surface area contributed by atoms with Crippen LogP contribution in [0.3, 0.4) is 0 Å². The zero-order chi connectivity index (χ0) is 17.9. The van der Waals surface area contributed by atoms with Gasteiger partial charge in [0.25, 0.3) is 5.91 Å². The zero-order valence-corrected chi connectivity index (χ0v) is 14.2. The van der Waals surface area contributed by atoms with Crippen LogP contribution in [0.2, 0.25) is 5.02 Å². The Balaban J connectivity index is 1.48. The number of aromatic nitrogens is 2. The summed E-state index contributed by atoms with van der Waals surface area (Å²) in [6.07, 6.45) is 1.33. The first kappa shape index (κ1) is 16.2. The summed E-state index contributed by atoms with van der Waals surface area (Å²) in [7, 11) is 0. The smallest absolute Gasteiger partial charge is 0.274 e. The Labute approximate surface area is 154 Å². The van der Waals surface area contributed by atoms with Crippen LogP contribution in [0.25, 0.3) is 0 Å². The van der Waals surface area contributed by atoms with Crippen molar-refractivity contribution in [2.75, 3.05) is 17.4 Å². The lowest BCUT2D eigenvalue weighted by atomic mass is 10.2. The number of hydrogen-bond donors (Lipinski definition) is 2. The maximum atomic E-state index is 12.4. The number of amides is 1. The van der Waals surface area contributed by atoms with E-state index < -0.39 is 0 Å². The predicted octanol–water partition coefficient (Wildman–Crippen LogP) is 3.85. The Kier molecular flexibility index (Phi) is 4.28. The van der Waals surface area contributed by atoms with Crippen LogP contribution in [0.15, 0.2) is 54.9 Å². The molecule has 0 radical (unpaired) electrons. The van der Waals surface area contributed by atoms with E-state index in [9.17, 15) is 4.79 Å². The fourth-order valence-electron chi connectivity index (χ4n) is 2.40. The van der Waals surface area contributed by atoms with Crippen molar-refractivity contribution in [3.05, 3.63) is 65.6 Å². The average molecular weight is 369 g/mol. The summed E-state index contributed by atoms with van der Waals surface area (Å²) in [4.78, 5) is 20.6. The van der Waals surface area contributed by atoms with E-state index in [0.717, 1.165) is 5.69 Å². The van der Waals surface area contributed by atoms with E-state index in [4.69, 9.17) is 21.1 Å². The quantitative estimate of drug-likeness (QED) is 0.727. The molecule has 2 N–H and O–H groups in total. The van der Waals surface area contributed by atoms with E-state index in [2.05, 4.69) is 20.6 Å². The molecule has 0 saturated carbocycles. The molecular weight excluding hydrogens is 356 g/mol. The molecule has 8 heteroatoms. The zero-order valence-electron chi connectivity index (χ0n) is 13.4. The lowest BCUT2D eigenvalue weighted by Gasteiger charge is -2.08. The summed E-state index contributed by atoms with van der Waals surface area (Å²) in [6.45, 7) is 0.179. The third-order valence-corrected chi connectivity index (χ3v) is 3.90. The van der Waals surface area contributed by atoms with Gasteiger partial charge < -0.3 is 20.1 Å². The number of rotatable bonds is 4. The van der Waals surface area contributed by atoms with E-state index in [0.29, 0.717) is 28.0 Å². The number of halogens is 1. The highest BCUT2D eigenvalue weighted by atomic mass is 35.5. The molecule has 0 aliphatic carbocycles. The van der Waals surface area contributed by atoms with Crippen molar-refractivity contribution in [2.45, 2.75) is 0 Å². The number of nitrogens with one attached hydrogen (secondary N) is 2. The van der Waals surface area contributed by atoms with E-state index in [1.807, 2.05) is 12.1 Å². The Hall–Kier alpha value is -3.32. The van der Waals surface area contributed by atoms with Gasteiger partial charge in [0.15, 0.2) is 11.5 Å². The van der Waals surface area contributed by atoms with Crippen molar-refractivity contribution < 1.29 is 14.3 Å². The predicted molar refractivity (Wildman–Crippen MR) is 97.3 cm³/mol.